The third kappa shape index (κ3) is 2.13. The summed E-state index contributed by atoms with van der Waals surface area (Å²) >= 11 is 0. The zero-order chi connectivity index (χ0) is 13.1. The molecule has 0 bridgehead atoms. The van der Waals surface area contributed by atoms with Gasteiger partial charge in [-0.25, -0.2) is 4.39 Å². The van der Waals surface area contributed by atoms with E-state index in [1.54, 1.807) is 29.7 Å². The Balaban J connectivity index is 2.56. The van der Waals surface area contributed by atoms with E-state index in [2.05, 4.69) is 10.2 Å². The standard InChI is InChI=1S/C13H16FN3O/c1-3-7-17-11(8-18)15-16-13(17)10-6-4-5-9(2)12(10)14/h4-6,18H,3,7-8H2,1-2H3. The second-order valence-electron chi connectivity index (χ2n) is 4.19. The summed E-state index contributed by atoms with van der Waals surface area (Å²) in [5.74, 6) is 0.654. The van der Waals surface area contributed by atoms with Crippen LogP contribution in [0.3, 0.4) is 0 Å². The first-order valence-electron chi connectivity index (χ1n) is 5.97. The molecule has 1 aromatic heterocycles. The fourth-order valence-electron chi connectivity index (χ4n) is 1.93. The molecule has 96 valence electrons. The number of nitrogens with zero attached hydrogens (tertiary/aromatic N) is 3. The van der Waals surface area contributed by atoms with Crippen molar-refractivity contribution in [3.63, 3.8) is 0 Å². The minimum atomic E-state index is -0.285. The van der Waals surface area contributed by atoms with Crippen molar-refractivity contribution in [3.05, 3.63) is 35.4 Å². The second kappa shape index (κ2) is 5.27. The van der Waals surface area contributed by atoms with Crippen LogP contribution in [0.4, 0.5) is 4.39 Å². The van der Waals surface area contributed by atoms with E-state index >= 15 is 0 Å². The van der Waals surface area contributed by atoms with Crippen LogP contribution in [-0.4, -0.2) is 19.9 Å². The van der Waals surface area contributed by atoms with Crippen molar-refractivity contribution < 1.29 is 9.50 Å². The number of aryl methyl sites for hydroxylation is 1. The lowest BCUT2D eigenvalue weighted by Gasteiger charge is -2.09. The van der Waals surface area contributed by atoms with Gasteiger partial charge >= 0.3 is 0 Å². The van der Waals surface area contributed by atoms with Gasteiger partial charge in [0.05, 0.1) is 5.56 Å². The largest absolute Gasteiger partial charge is 0.388 e. The van der Waals surface area contributed by atoms with Crippen LogP contribution in [0.2, 0.25) is 0 Å². The SMILES string of the molecule is CCCn1c(CO)nnc1-c1cccc(C)c1F. The molecule has 2 rings (SSSR count). The van der Waals surface area contributed by atoms with E-state index in [-0.39, 0.29) is 12.4 Å². The fourth-order valence-corrected chi connectivity index (χ4v) is 1.93. The summed E-state index contributed by atoms with van der Waals surface area (Å²) in [6.07, 6.45) is 0.867. The Morgan fingerprint density at radius 3 is 2.78 bits per heavy atom. The number of hydrogen-bond acceptors (Lipinski definition) is 3. The molecule has 2 aromatic rings. The van der Waals surface area contributed by atoms with E-state index in [0.29, 0.717) is 29.3 Å². The second-order valence-corrected chi connectivity index (χ2v) is 4.19. The Kier molecular flexibility index (Phi) is 3.72. The number of halogens is 1. The predicted octanol–water partition coefficient (Wildman–Crippen LogP) is 2.29. The summed E-state index contributed by atoms with van der Waals surface area (Å²) in [4.78, 5) is 0. The summed E-state index contributed by atoms with van der Waals surface area (Å²) < 4.78 is 15.8. The Labute approximate surface area is 105 Å². The number of benzene rings is 1. The molecule has 0 radical (unpaired) electrons. The maximum atomic E-state index is 14.1. The van der Waals surface area contributed by atoms with E-state index in [0.717, 1.165) is 6.42 Å². The highest BCUT2D eigenvalue weighted by Crippen LogP contribution is 2.24. The fraction of sp³-hybridized carbons (Fsp3) is 0.385. The van der Waals surface area contributed by atoms with Crippen molar-refractivity contribution in [2.24, 2.45) is 0 Å². The molecule has 4 nitrogen and oxygen atoms in total. The van der Waals surface area contributed by atoms with Gasteiger partial charge in [0.2, 0.25) is 0 Å². The number of aliphatic hydroxyl groups excluding tert-OH is 1. The zero-order valence-electron chi connectivity index (χ0n) is 10.5. The third-order valence-corrected chi connectivity index (χ3v) is 2.85. The van der Waals surface area contributed by atoms with Crippen molar-refractivity contribution >= 4 is 0 Å². The minimum Gasteiger partial charge on any atom is -0.388 e. The molecule has 0 amide bonds. The van der Waals surface area contributed by atoms with Crippen LogP contribution in [0.15, 0.2) is 18.2 Å². The number of rotatable bonds is 4. The van der Waals surface area contributed by atoms with Gasteiger partial charge in [-0.15, -0.1) is 10.2 Å². The minimum absolute atomic E-state index is 0.194. The number of aliphatic hydroxyl groups is 1. The molecule has 1 heterocycles. The van der Waals surface area contributed by atoms with Crippen molar-refractivity contribution in [1.29, 1.82) is 0 Å². The van der Waals surface area contributed by atoms with Crippen LogP contribution >= 0.6 is 0 Å². The first kappa shape index (κ1) is 12.7. The highest BCUT2D eigenvalue weighted by atomic mass is 19.1. The molecule has 0 aliphatic heterocycles. The van der Waals surface area contributed by atoms with E-state index in [4.69, 9.17) is 0 Å². The molecular formula is C13H16FN3O. The lowest BCUT2D eigenvalue weighted by Crippen LogP contribution is -2.06. The van der Waals surface area contributed by atoms with Gasteiger partial charge in [0, 0.05) is 6.54 Å². The van der Waals surface area contributed by atoms with Gasteiger partial charge in [0.25, 0.3) is 0 Å². The third-order valence-electron chi connectivity index (χ3n) is 2.85. The van der Waals surface area contributed by atoms with Crippen LogP contribution in [-0.2, 0) is 13.2 Å². The molecular weight excluding hydrogens is 233 g/mol. The summed E-state index contributed by atoms with van der Waals surface area (Å²) in [5, 5.41) is 17.1. The van der Waals surface area contributed by atoms with Gasteiger partial charge < -0.3 is 9.67 Å². The monoisotopic (exact) mass is 249 g/mol. The smallest absolute Gasteiger partial charge is 0.167 e. The molecule has 0 spiro atoms. The molecule has 0 saturated carbocycles. The molecule has 0 aliphatic carbocycles. The Morgan fingerprint density at radius 2 is 2.11 bits per heavy atom. The van der Waals surface area contributed by atoms with Crippen LogP contribution in [0, 0.1) is 12.7 Å². The lowest BCUT2D eigenvalue weighted by atomic mass is 10.1. The highest BCUT2D eigenvalue weighted by Gasteiger charge is 2.16. The zero-order valence-corrected chi connectivity index (χ0v) is 10.5. The molecule has 1 aromatic carbocycles. The highest BCUT2D eigenvalue weighted by molar-refractivity contribution is 5.57. The van der Waals surface area contributed by atoms with Gasteiger partial charge in [-0.2, -0.15) is 0 Å². The number of aromatic nitrogens is 3. The van der Waals surface area contributed by atoms with Crippen LogP contribution in [0.1, 0.15) is 24.7 Å². The normalized spacial score (nSPS) is 10.9. The quantitative estimate of drug-likeness (QED) is 0.904. The summed E-state index contributed by atoms with van der Waals surface area (Å²) in [7, 11) is 0. The van der Waals surface area contributed by atoms with Crippen molar-refractivity contribution in [2.75, 3.05) is 0 Å². The van der Waals surface area contributed by atoms with Gasteiger partial charge in [-0.1, -0.05) is 19.1 Å². The van der Waals surface area contributed by atoms with E-state index in [1.807, 2.05) is 6.92 Å². The van der Waals surface area contributed by atoms with Crippen molar-refractivity contribution in [1.82, 2.24) is 14.8 Å². The Hall–Kier alpha value is -1.75. The van der Waals surface area contributed by atoms with Gasteiger partial charge in [0.15, 0.2) is 11.6 Å². The number of hydrogen-bond donors (Lipinski definition) is 1. The molecule has 0 saturated heterocycles. The van der Waals surface area contributed by atoms with E-state index < -0.39 is 0 Å². The Bertz CT molecular complexity index is 551. The van der Waals surface area contributed by atoms with Gasteiger partial charge in [-0.05, 0) is 25.0 Å². The topological polar surface area (TPSA) is 50.9 Å². The van der Waals surface area contributed by atoms with E-state index in [1.165, 1.54) is 0 Å². The molecule has 1 N–H and O–H groups in total. The van der Waals surface area contributed by atoms with Gasteiger partial charge in [0.1, 0.15) is 12.4 Å². The maximum absolute atomic E-state index is 14.1. The van der Waals surface area contributed by atoms with Crippen molar-refractivity contribution in [3.8, 4) is 11.4 Å². The molecule has 5 heteroatoms. The first-order chi connectivity index (χ1) is 8.69. The summed E-state index contributed by atoms with van der Waals surface area (Å²) in [5.41, 5.74) is 1.000. The average molecular weight is 249 g/mol. The maximum Gasteiger partial charge on any atom is 0.167 e. The van der Waals surface area contributed by atoms with E-state index in [9.17, 15) is 9.50 Å². The van der Waals surface area contributed by atoms with Gasteiger partial charge in [-0.3, -0.25) is 0 Å². The average Bonchev–Trinajstić information content (AvgIpc) is 2.76. The van der Waals surface area contributed by atoms with Crippen LogP contribution in [0.25, 0.3) is 11.4 Å². The molecule has 0 fully saturated rings. The Morgan fingerprint density at radius 1 is 1.33 bits per heavy atom. The molecule has 0 aliphatic rings. The van der Waals surface area contributed by atoms with Crippen molar-refractivity contribution in [2.45, 2.75) is 33.4 Å². The summed E-state index contributed by atoms with van der Waals surface area (Å²) in [6.45, 7) is 4.19. The summed E-state index contributed by atoms with van der Waals surface area (Å²) in [6, 6.07) is 5.18. The first-order valence-corrected chi connectivity index (χ1v) is 5.97. The molecule has 18 heavy (non-hydrogen) atoms. The lowest BCUT2D eigenvalue weighted by molar-refractivity contribution is 0.264. The van der Waals surface area contributed by atoms with Crippen LogP contribution in [0.5, 0.6) is 0 Å². The molecule has 0 unspecified atom stereocenters. The predicted molar refractivity (Wildman–Crippen MR) is 66.4 cm³/mol. The van der Waals surface area contributed by atoms with Crippen LogP contribution < -0.4 is 0 Å². The molecule has 0 atom stereocenters.